The molecule has 0 amide bonds. The number of hydrogen-bond acceptors (Lipinski definition) is 0. The molecule has 4 aliphatic rings. The van der Waals surface area contributed by atoms with E-state index in [1.54, 1.807) is 0 Å². The third-order valence-corrected chi connectivity index (χ3v) is 8.17. The van der Waals surface area contributed by atoms with E-state index in [-0.39, 0.29) is 0 Å². The van der Waals surface area contributed by atoms with Gasteiger partial charge in [-0.3, -0.25) is 0 Å². The minimum absolute atomic E-state index is 0.520. The summed E-state index contributed by atoms with van der Waals surface area (Å²) in [4.78, 5) is 0. The first kappa shape index (κ1) is 13.4. The highest BCUT2D eigenvalue weighted by molar-refractivity contribution is 5.23. The number of rotatable bonds is 0. The molecule has 1 spiro atoms. The Labute approximate surface area is 125 Å². The van der Waals surface area contributed by atoms with E-state index in [0.717, 1.165) is 23.7 Å². The fourth-order valence-corrected chi connectivity index (χ4v) is 7.40. The Hall–Kier alpha value is -0.260. The monoisotopic (exact) mass is 272 g/mol. The Kier molecular flexibility index (Phi) is 2.63. The van der Waals surface area contributed by atoms with Gasteiger partial charge in [0.25, 0.3) is 0 Å². The predicted molar refractivity (Wildman–Crippen MR) is 85.4 cm³/mol. The normalized spacial score (nSPS) is 56.2. The van der Waals surface area contributed by atoms with Gasteiger partial charge in [0, 0.05) is 0 Å². The van der Waals surface area contributed by atoms with Crippen molar-refractivity contribution >= 4 is 0 Å². The maximum Gasteiger partial charge on any atom is -0.00791 e. The lowest BCUT2D eigenvalue weighted by molar-refractivity contribution is -0.0785. The van der Waals surface area contributed by atoms with Crippen LogP contribution < -0.4 is 0 Å². The van der Waals surface area contributed by atoms with Crippen molar-refractivity contribution in [3.05, 3.63) is 12.2 Å². The van der Waals surface area contributed by atoms with E-state index < -0.39 is 0 Å². The zero-order chi connectivity index (χ0) is 14.2. The lowest BCUT2D eigenvalue weighted by atomic mass is 9.43. The zero-order valence-electron chi connectivity index (χ0n) is 13.9. The van der Waals surface area contributed by atoms with Gasteiger partial charge in [0.05, 0.1) is 0 Å². The molecule has 0 aromatic carbocycles. The molecule has 0 nitrogen and oxygen atoms in total. The lowest BCUT2D eigenvalue weighted by Crippen LogP contribution is -2.53. The van der Waals surface area contributed by atoms with Crippen LogP contribution in [0.25, 0.3) is 0 Å². The molecule has 112 valence electrons. The van der Waals surface area contributed by atoms with Crippen molar-refractivity contribution < 1.29 is 0 Å². The van der Waals surface area contributed by atoms with E-state index in [9.17, 15) is 0 Å². The predicted octanol–water partition coefficient (Wildman–Crippen LogP) is 5.83. The maximum atomic E-state index is 2.73. The summed E-state index contributed by atoms with van der Waals surface area (Å²) in [6.07, 6.45) is 15.8. The summed E-state index contributed by atoms with van der Waals surface area (Å²) in [6, 6.07) is 0. The third-order valence-electron chi connectivity index (χ3n) is 8.17. The molecule has 0 aromatic heterocycles. The highest BCUT2D eigenvalue weighted by Crippen LogP contribution is 2.69. The summed E-state index contributed by atoms with van der Waals surface area (Å²) in [5.74, 6) is 3.81. The van der Waals surface area contributed by atoms with Crippen LogP contribution in [0.4, 0.5) is 0 Å². The standard InChI is InChI=1S/C20H32/c1-14-12-20-11-8-16-18(2,3)9-5-10-19(16,4)17(20)7-6-15(14)13-20/h8,11,14-17H,5-7,9-10,12-13H2,1-4H3/t14-,15-,16+,17-,19+,20?/m1/s1. The van der Waals surface area contributed by atoms with Gasteiger partial charge in [0.2, 0.25) is 0 Å². The molecule has 0 aromatic rings. The van der Waals surface area contributed by atoms with E-state index in [1.807, 2.05) is 0 Å². The molecule has 0 aliphatic heterocycles. The van der Waals surface area contributed by atoms with Crippen LogP contribution in [0, 0.1) is 39.9 Å². The Morgan fingerprint density at radius 3 is 2.60 bits per heavy atom. The minimum Gasteiger partial charge on any atom is -0.0838 e. The molecule has 20 heavy (non-hydrogen) atoms. The van der Waals surface area contributed by atoms with Crippen molar-refractivity contribution in [1.29, 1.82) is 0 Å². The second-order valence-corrected chi connectivity index (χ2v) is 9.69. The quantitative estimate of drug-likeness (QED) is 0.487. The molecule has 0 N–H and O–H groups in total. The second-order valence-electron chi connectivity index (χ2n) is 9.69. The van der Waals surface area contributed by atoms with Crippen LogP contribution >= 0.6 is 0 Å². The van der Waals surface area contributed by atoms with Crippen LogP contribution in [0.1, 0.15) is 72.6 Å². The van der Waals surface area contributed by atoms with Gasteiger partial charge < -0.3 is 0 Å². The molecule has 2 bridgehead atoms. The fraction of sp³-hybridized carbons (Fsp3) is 0.900. The molecule has 1 unspecified atom stereocenters. The smallest absolute Gasteiger partial charge is 0.00791 e. The number of fused-ring (bicyclic) bond motifs is 3. The van der Waals surface area contributed by atoms with Crippen molar-refractivity contribution in [1.82, 2.24) is 0 Å². The van der Waals surface area contributed by atoms with Crippen LogP contribution in [0.3, 0.4) is 0 Å². The number of hydrogen-bond donors (Lipinski definition) is 0. The summed E-state index contributed by atoms with van der Waals surface area (Å²) in [5, 5.41) is 0. The van der Waals surface area contributed by atoms with Gasteiger partial charge >= 0.3 is 0 Å². The largest absolute Gasteiger partial charge is 0.0838 e. The number of allylic oxidation sites excluding steroid dienone is 2. The second kappa shape index (κ2) is 3.93. The first-order valence-corrected chi connectivity index (χ1v) is 9.07. The molecule has 3 fully saturated rings. The van der Waals surface area contributed by atoms with Crippen molar-refractivity contribution in [2.75, 3.05) is 0 Å². The van der Waals surface area contributed by atoms with Crippen LogP contribution in [0.5, 0.6) is 0 Å². The van der Waals surface area contributed by atoms with E-state index in [2.05, 4.69) is 39.8 Å². The summed E-state index contributed by atoms with van der Waals surface area (Å²) >= 11 is 0. The van der Waals surface area contributed by atoms with Crippen molar-refractivity contribution in [3.63, 3.8) is 0 Å². The minimum atomic E-state index is 0.520. The maximum absolute atomic E-state index is 2.73. The van der Waals surface area contributed by atoms with Crippen molar-refractivity contribution in [2.45, 2.75) is 72.6 Å². The summed E-state index contributed by atoms with van der Waals surface area (Å²) in [6.45, 7) is 10.2. The Balaban J connectivity index is 1.79. The average molecular weight is 272 g/mol. The van der Waals surface area contributed by atoms with Gasteiger partial charge in [-0.15, -0.1) is 0 Å². The molecule has 0 saturated heterocycles. The fourth-order valence-electron chi connectivity index (χ4n) is 7.40. The highest BCUT2D eigenvalue weighted by Gasteiger charge is 2.61. The van der Waals surface area contributed by atoms with Crippen molar-refractivity contribution in [2.24, 2.45) is 39.9 Å². The topological polar surface area (TPSA) is 0 Å². The highest BCUT2D eigenvalue weighted by atomic mass is 14.7. The Morgan fingerprint density at radius 2 is 1.80 bits per heavy atom. The van der Waals surface area contributed by atoms with Gasteiger partial charge in [-0.1, -0.05) is 46.3 Å². The molecular weight excluding hydrogens is 240 g/mol. The van der Waals surface area contributed by atoms with Crippen LogP contribution in [0.15, 0.2) is 12.2 Å². The Bertz CT molecular complexity index is 441. The molecule has 4 aliphatic carbocycles. The van der Waals surface area contributed by atoms with E-state index in [4.69, 9.17) is 0 Å². The van der Waals surface area contributed by atoms with Gasteiger partial charge in [-0.25, -0.2) is 0 Å². The molecule has 0 radical (unpaired) electrons. The van der Waals surface area contributed by atoms with Crippen molar-refractivity contribution in [3.8, 4) is 0 Å². The van der Waals surface area contributed by atoms with Crippen LogP contribution in [0.2, 0.25) is 0 Å². The van der Waals surface area contributed by atoms with E-state index in [0.29, 0.717) is 16.2 Å². The molecule has 4 rings (SSSR count). The molecular formula is C20H32. The van der Waals surface area contributed by atoms with Gasteiger partial charge in [-0.05, 0) is 78.4 Å². The average Bonchev–Trinajstić information content (AvgIpc) is 2.58. The SMILES string of the molecule is C[C@@H]1CC23C=C[C@H]4C(C)(C)CCC[C@]4(C)[C@H]2CC[C@@H]1C3. The van der Waals surface area contributed by atoms with Gasteiger partial charge in [0.1, 0.15) is 0 Å². The zero-order valence-corrected chi connectivity index (χ0v) is 13.9. The molecule has 0 heteroatoms. The third kappa shape index (κ3) is 1.54. The Morgan fingerprint density at radius 1 is 1.00 bits per heavy atom. The summed E-state index contributed by atoms with van der Waals surface area (Å²) < 4.78 is 0. The van der Waals surface area contributed by atoms with Crippen LogP contribution in [-0.2, 0) is 0 Å². The lowest BCUT2D eigenvalue weighted by Gasteiger charge is -2.61. The van der Waals surface area contributed by atoms with E-state index in [1.165, 1.54) is 44.9 Å². The first-order chi connectivity index (χ1) is 9.37. The first-order valence-electron chi connectivity index (χ1n) is 9.07. The molecule has 0 heterocycles. The van der Waals surface area contributed by atoms with Gasteiger partial charge in [0.15, 0.2) is 0 Å². The van der Waals surface area contributed by atoms with Gasteiger partial charge in [-0.2, -0.15) is 0 Å². The summed E-state index contributed by atoms with van der Waals surface area (Å²) in [5.41, 5.74) is 1.71. The van der Waals surface area contributed by atoms with Crippen LogP contribution in [-0.4, -0.2) is 0 Å². The molecule has 3 saturated carbocycles. The van der Waals surface area contributed by atoms with E-state index >= 15 is 0 Å². The summed E-state index contributed by atoms with van der Waals surface area (Å²) in [7, 11) is 0. The molecule has 6 atom stereocenters.